The highest BCUT2D eigenvalue weighted by Gasteiger charge is 2.21. The van der Waals surface area contributed by atoms with Gasteiger partial charge in [0.1, 0.15) is 6.04 Å². The van der Waals surface area contributed by atoms with Crippen LogP contribution in [0.3, 0.4) is 0 Å². The Hall–Kier alpha value is -1.79. The van der Waals surface area contributed by atoms with Gasteiger partial charge in [0, 0.05) is 13.1 Å². The van der Waals surface area contributed by atoms with E-state index in [1.54, 1.807) is 13.8 Å². The van der Waals surface area contributed by atoms with E-state index >= 15 is 0 Å². The maximum atomic E-state index is 11.5. The zero-order chi connectivity index (χ0) is 13.6. The highest BCUT2D eigenvalue weighted by Crippen LogP contribution is 1.95. The first-order valence-electron chi connectivity index (χ1n) is 5.28. The summed E-state index contributed by atoms with van der Waals surface area (Å²) < 4.78 is 0. The van der Waals surface area contributed by atoms with Gasteiger partial charge >= 0.3 is 12.0 Å². The van der Waals surface area contributed by atoms with E-state index in [2.05, 4.69) is 10.6 Å². The molecule has 3 N–H and O–H groups in total. The maximum absolute atomic E-state index is 11.5. The Labute approximate surface area is 100 Å². The molecule has 0 spiro atoms. The van der Waals surface area contributed by atoms with Crippen LogP contribution in [0.5, 0.6) is 0 Å². The summed E-state index contributed by atoms with van der Waals surface area (Å²) >= 11 is 0. The number of rotatable bonds is 5. The van der Waals surface area contributed by atoms with Gasteiger partial charge in [-0.15, -0.1) is 0 Å². The fourth-order valence-corrected chi connectivity index (χ4v) is 0.995. The summed E-state index contributed by atoms with van der Waals surface area (Å²) in [6.45, 7) is 4.82. The normalized spacial score (nSPS) is 11.8. The molecule has 98 valence electrons. The molecule has 0 aliphatic rings. The number of nitrogens with one attached hydrogen (secondary N) is 2. The standard InChI is InChI=1S/C10H19N3O4/c1-6(2)12-8(14)5-11-10(17)13(4)7(3)9(15)16/h6-7H,5H2,1-4H3,(H,11,17)(H,12,14)(H,15,16). The lowest BCUT2D eigenvalue weighted by Gasteiger charge is -2.21. The molecule has 0 saturated carbocycles. The van der Waals surface area contributed by atoms with Crippen LogP contribution in [-0.2, 0) is 9.59 Å². The zero-order valence-electron chi connectivity index (χ0n) is 10.5. The van der Waals surface area contributed by atoms with E-state index in [1.165, 1.54) is 14.0 Å². The summed E-state index contributed by atoms with van der Waals surface area (Å²) in [5, 5.41) is 13.6. The Morgan fingerprint density at radius 1 is 1.24 bits per heavy atom. The van der Waals surface area contributed by atoms with E-state index in [0.29, 0.717) is 0 Å². The number of hydrogen-bond donors (Lipinski definition) is 3. The Balaban J connectivity index is 4.10. The predicted molar refractivity (Wildman–Crippen MR) is 61.5 cm³/mol. The van der Waals surface area contributed by atoms with Gasteiger partial charge in [-0.1, -0.05) is 0 Å². The van der Waals surface area contributed by atoms with Gasteiger partial charge < -0.3 is 20.6 Å². The number of carboxylic acids is 1. The summed E-state index contributed by atoms with van der Waals surface area (Å²) in [6.07, 6.45) is 0. The van der Waals surface area contributed by atoms with Crippen molar-refractivity contribution in [2.75, 3.05) is 13.6 Å². The first kappa shape index (κ1) is 15.2. The number of nitrogens with zero attached hydrogens (tertiary/aromatic N) is 1. The van der Waals surface area contributed by atoms with E-state index in [9.17, 15) is 14.4 Å². The lowest BCUT2D eigenvalue weighted by Crippen LogP contribution is -2.48. The highest BCUT2D eigenvalue weighted by molar-refractivity contribution is 5.86. The molecule has 1 unspecified atom stereocenters. The van der Waals surface area contributed by atoms with Crippen molar-refractivity contribution in [1.29, 1.82) is 0 Å². The number of likely N-dealkylation sites (N-methyl/N-ethyl adjacent to an activating group) is 1. The minimum absolute atomic E-state index is 0.00456. The van der Waals surface area contributed by atoms with Crippen molar-refractivity contribution in [2.24, 2.45) is 0 Å². The average Bonchev–Trinajstić information content (AvgIpc) is 2.22. The quantitative estimate of drug-likeness (QED) is 0.615. The molecular weight excluding hydrogens is 226 g/mol. The second-order valence-electron chi connectivity index (χ2n) is 4.01. The SMILES string of the molecule is CC(C)NC(=O)CNC(=O)N(C)C(C)C(=O)O. The molecule has 17 heavy (non-hydrogen) atoms. The van der Waals surface area contributed by atoms with Crippen molar-refractivity contribution in [1.82, 2.24) is 15.5 Å². The first-order chi connectivity index (χ1) is 7.75. The van der Waals surface area contributed by atoms with E-state index < -0.39 is 18.0 Å². The maximum Gasteiger partial charge on any atom is 0.326 e. The number of carbonyl (C=O) groups is 3. The van der Waals surface area contributed by atoms with Gasteiger partial charge in [-0.05, 0) is 20.8 Å². The van der Waals surface area contributed by atoms with Crippen molar-refractivity contribution in [3.63, 3.8) is 0 Å². The van der Waals surface area contributed by atoms with Gasteiger partial charge in [0.15, 0.2) is 0 Å². The van der Waals surface area contributed by atoms with Crippen LogP contribution in [0.4, 0.5) is 4.79 Å². The van der Waals surface area contributed by atoms with Gasteiger partial charge in [0.25, 0.3) is 0 Å². The topological polar surface area (TPSA) is 98.7 Å². The van der Waals surface area contributed by atoms with Crippen molar-refractivity contribution >= 4 is 17.9 Å². The van der Waals surface area contributed by atoms with Gasteiger partial charge in [-0.3, -0.25) is 4.79 Å². The second-order valence-corrected chi connectivity index (χ2v) is 4.01. The number of hydrogen-bond acceptors (Lipinski definition) is 3. The van der Waals surface area contributed by atoms with E-state index in [-0.39, 0.29) is 18.5 Å². The molecule has 0 aromatic rings. The summed E-state index contributed by atoms with van der Waals surface area (Å²) in [5.41, 5.74) is 0. The number of carbonyl (C=O) groups excluding carboxylic acids is 2. The fourth-order valence-electron chi connectivity index (χ4n) is 0.995. The molecule has 7 heteroatoms. The van der Waals surface area contributed by atoms with E-state index in [4.69, 9.17) is 5.11 Å². The van der Waals surface area contributed by atoms with E-state index in [0.717, 1.165) is 4.90 Å². The molecule has 0 rings (SSSR count). The van der Waals surface area contributed by atoms with Crippen LogP contribution >= 0.6 is 0 Å². The van der Waals surface area contributed by atoms with Crippen molar-refractivity contribution in [3.05, 3.63) is 0 Å². The van der Waals surface area contributed by atoms with Crippen LogP contribution in [0.25, 0.3) is 0 Å². The van der Waals surface area contributed by atoms with Gasteiger partial charge in [0.2, 0.25) is 5.91 Å². The Kier molecular flexibility index (Phi) is 6.01. The molecule has 0 bridgehead atoms. The predicted octanol–water partition coefficient (Wildman–Crippen LogP) is -0.374. The molecule has 0 aromatic heterocycles. The summed E-state index contributed by atoms with van der Waals surface area (Å²) in [4.78, 5) is 34.3. The van der Waals surface area contributed by atoms with Crippen molar-refractivity contribution in [3.8, 4) is 0 Å². The number of amides is 3. The molecule has 0 aromatic carbocycles. The molecule has 0 saturated heterocycles. The molecule has 1 atom stereocenters. The molecule has 0 aliphatic heterocycles. The van der Waals surface area contributed by atoms with Crippen LogP contribution in [0.1, 0.15) is 20.8 Å². The smallest absolute Gasteiger partial charge is 0.326 e. The number of carboxylic acid groups (broad SMARTS) is 1. The molecule has 3 amide bonds. The summed E-state index contributed by atoms with van der Waals surface area (Å²) in [7, 11) is 1.36. The third kappa shape index (κ3) is 5.74. The minimum atomic E-state index is -1.10. The average molecular weight is 245 g/mol. The first-order valence-corrected chi connectivity index (χ1v) is 5.28. The molecular formula is C10H19N3O4. The Morgan fingerprint density at radius 2 is 1.76 bits per heavy atom. The summed E-state index contributed by atoms with van der Waals surface area (Å²) in [6, 6.07) is -1.54. The number of aliphatic carboxylic acids is 1. The van der Waals surface area contributed by atoms with Crippen LogP contribution < -0.4 is 10.6 Å². The van der Waals surface area contributed by atoms with Crippen LogP contribution in [-0.4, -0.2) is 53.6 Å². The largest absolute Gasteiger partial charge is 0.480 e. The molecule has 0 fully saturated rings. The summed E-state index contributed by atoms with van der Waals surface area (Å²) in [5.74, 6) is -1.42. The minimum Gasteiger partial charge on any atom is -0.480 e. The third-order valence-electron chi connectivity index (χ3n) is 2.11. The van der Waals surface area contributed by atoms with Crippen molar-refractivity contribution < 1.29 is 19.5 Å². The van der Waals surface area contributed by atoms with E-state index in [1.807, 2.05) is 0 Å². The number of urea groups is 1. The van der Waals surface area contributed by atoms with Gasteiger partial charge in [-0.2, -0.15) is 0 Å². The lowest BCUT2D eigenvalue weighted by molar-refractivity contribution is -0.141. The lowest BCUT2D eigenvalue weighted by atomic mass is 10.3. The van der Waals surface area contributed by atoms with Crippen LogP contribution in [0.2, 0.25) is 0 Å². The Morgan fingerprint density at radius 3 is 2.18 bits per heavy atom. The third-order valence-corrected chi connectivity index (χ3v) is 2.11. The van der Waals surface area contributed by atoms with Gasteiger partial charge in [-0.25, -0.2) is 9.59 Å². The molecule has 7 nitrogen and oxygen atoms in total. The monoisotopic (exact) mass is 245 g/mol. The van der Waals surface area contributed by atoms with Crippen molar-refractivity contribution in [2.45, 2.75) is 32.9 Å². The van der Waals surface area contributed by atoms with Gasteiger partial charge in [0.05, 0.1) is 6.54 Å². The zero-order valence-corrected chi connectivity index (χ0v) is 10.5. The molecule has 0 heterocycles. The molecule has 0 radical (unpaired) electrons. The van der Waals surface area contributed by atoms with Crippen LogP contribution in [0, 0.1) is 0 Å². The molecule has 0 aliphatic carbocycles. The Bertz CT molecular complexity index is 304. The highest BCUT2D eigenvalue weighted by atomic mass is 16.4. The van der Waals surface area contributed by atoms with Crippen LogP contribution in [0.15, 0.2) is 0 Å². The second kappa shape index (κ2) is 6.72. The fraction of sp³-hybridized carbons (Fsp3) is 0.700.